The Kier molecular flexibility index (Phi) is 4.36. The lowest BCUT2D eigenvalue weighted by Gasteiger charge is -2.36. The number of methoxy groups -OCH3 is 1. The molecule has 1 amide bonds. The van der Waals surface area contributed by atoms with Gasteiger partial charge in [0.25, 0.3) is 0 Å². The molecule has 0 unspecified atom stereocenters. The van der Waals surface area contributed by atoms with E-state index in [1.165, 1.54) is 5.56 Å². The summed E-state index contributed by atoms with van der Waals surface area (Å²) in [7, 11) is 1.69. The second kappa shape index (κ2) is 5.86. The van der Waals surface area contributed by atoms with E-state index >= 15 is 0 Å². The number of nitrogens with zero attached hydrogens (tertiary/aromatic N) is 1. The van der Waals surface area contributed by atoms with Crippen LogP contribution in [0.25, 0.3) is 0 Å². The number of carbonyl (C=O) groups excluding carboxylic acids is 1. The van der Waals surface area contributed by atoms with Crippen LogP contribution in [0.4, 0.5) is 0 Å². The average molecular weight is 275 g/mol. The molecule has 0 spiro atoms. The van der Waals surface area contributed by atoms with Crippen LogP contribution >= 0.6 is 0 Å². The van der Waals surface area contributed by atoms with Crippen molar-refractivity contribution in [3.63, 3.8) is 0 Å². The Balaban J connectivity index is 1.95. The van der Waals surface area contributed by atoms with Gasteiger partial charge in [-0.3, -0.25) is 4.79 Å². The molecule has 0 aromatic heterocycles. The van der Waals surface area contributed by atoms with E-state index in [1.807, 2.05) is 37.8 Å². The number of benzene rings is 1. The largest absolute Gasteiger partial charge is 0.497 e. The molecule has 110 valence electrons. The predicted molar refractivity (Wildman–Crippen MR) is 81.0 cm³/mol. The van der Waals surface area contributed by atoms with Gasteiger partial charge in [-0.05, 0) is 36.5 Å². The predicted octanol–water partition coefficient (Wildman–Crippen LogP) is 3.45. The molecule has 1 aliphatic heterocycles. The van der Waals surface area contributed by atoms with Crippen LogP contribution in [0.15, 0.2) is 24.3 Å². The highest BCUT2D eigenvalue weighted by atomic mass is 16.5. The van der Waals surface area contributed by atoms with E-state index in [4.69, 9.17) is 4.74 Å². The Morgan fingerprint density at radius 2 is 1.70 bits per heavy atom. The Morgan fingerprint density at radius 3 is 2.15 bits per heavy atom. The van der Waals surface area contributed by atoms with Gasteiger partial charge in [0.05, 0.1) is 7.11 Å². The third kappa shape index (κ3) is 3.33. The highest BCUT2D eigenvalue weighted by molar-refractivity contribution is 5.81. The van der Waals surface area contributed by atoms with Crippen LogP contribution in [-0.2, 0) is 4.79 Å². The van der Waals surface area contributed by atoms with Crippen molar-refractivity contribution in [1.82, 2.24) is 4.90 Å². The van der Waals surface area contributed by atoms with Crippen LogP contribution in [0.1, 0.15) is 45.1 Å². The molecular formula is C17H25NO2. The first-order valence-corrected chi connectivity index (χ1v) is 7.35. The summed E-state index contributed by atoms with van der Waals surface area (Å²) in [6.07, 6.45) is 2.10. The normalized spacial score (nSPS) is 17.1. The van der Waals surface area contributed by atoms with Gasteiger partial charge in [0.1, 0.15) is 5.75 Å². The number of rotatable bonds is 2. The first-order chi connectivity index (χ1) is 9.41. The summed E-state index contributed by atoms with van der Waals surface area (Å²) in [4.78, 5) is 14.3. The quantitative estimate of drug-likeness (QED) is 0.827. The molecule has 20 heavy (non-hydrogen) atoms. The minimum absolute atomic E-state index is 0.269. The van der Waals surface area contributed by atoms with Crippen LogP contribution in [-0.4, -0.2) is 31.0 Å². The fraction of sp³-hybridized carbons (Fsp3) is 0.588. The molecule has 2 rings (SSSR count). The molecule has 1 aromatic rings. The molecule has 0 radical (unpaired) electrons. The summed E-state index contributed by atoms with van der Waals surface area (Å²) in [5.74, 6) is 1.73. The molecular weight excluding hydrogens is 250 g/mol. The van der Waals surface area contributed by atoms with Gasteiger partial charge in [-0.25, -0.2) is 0 Å². The number of likely N-dealkylation sites (tertiary alicyclic amines) is 1. The molecule has 1 fully saturated rings. The topological polar surface area (TPSA) is 29.5 Å². The van der Waals surface area contributed by atoms with Crippen LogP contribution < -0.4 is 4.74 Å². The Morgan fingerprint density at radius 1 is 1.15 bits per heavy atom. The van der Waals surface area contributed by atoms with E-state index < -0.39 is 0 Å². The van der Waals surface area contributed by atoms with Gasteiger partial charge in [0.15, 0.2) is 0 Å². The zero-order valence-electron chi connectivity index (χ0n) is 13.0. The van der Waals surface area contributed by atoms with Crippen LogP contribution in [0.3, 0.4) is 0 Å². The first kappa shape index (κ1) is 14.9. The average Bonchev–Trinajstić information content (AvgIpc) is 2.46. The molecule has 0 aliphatic carbocycles. The van der Waals surface area contributed by atoms with Crippen LogP contribution in [0, 0.1) is 5.41 Å². The summed E-state index contributed by atoms with van der Waals surface area (Å²) in [5, 5.41) is 0. The molecule has 3 heteroatoms. The zero-order chi connectivity index (χ0) is 14.8. The molecule has 0 bridgehead atoms. The molecule has 1 aromatic carbocycles. The molecule has 3 nitrogen and oxygen atoms in total. The van der Waals surface area contributed by atoms with Crippen molar-refractivity contribution in [2.75, 3.05) is 20.2 Å². The maximum Gasteiger partial charge on any atom is 0.227 e. The van der Waals surface area contributed by atoms with E-state index in [0.717, 1.165) is 31.7 Å². The fourth-order valence-corrected chi connectivity index (χ4v) is 2.77. The van der Waals surface area contributed by atoms with Gasteiger partial charge in [-0.2, -0.15) is 0 Å². The lowest BCUT2D eigenvalue weighted by atomic mass is 9.87. The lowest BCUT2D eigenvalue weighted by molar-refractivity contribution is -0.140. The number of ether oxygens (including phenoxy) is 1. The maximum absolute atomic E-state index is 12.3. The Hall–Kier alpha value is -1.51. The van der Waals surface area contributed by atoms with Crippen molar-refractivity contribution in [2.24, 2.45) is 5.41 Å². The van der Waals surface area contributed by atoms with Crippen LogP contribution in [0.2, 0.25) is 0 Å². The van der Waals surface area contributed by atoms with Gasteiger partial charge in [-0.1, -0.05) is 32.9 Å². The van der Waals surface area contributed by atoms with Crippen molar-refractivity contribution >= 4 is 5.91 Å². The van der Waals surface area contributed by atoms with E-state index in [2.05, 4.69) is 12.1 Å². The minimum atomic E-state index is -0.271. The molecule has 0 atom stereocenters. The van der Waals surface area contributed by atoms with Gasteiger partial charge in [0.2, 0.25) is 5.91 Å². The SMILES string of the molecule is COc1ccc(C2CCN(C(=O)C(C)(C)C)CC2)cc1. The van der Waals surface area contributed by atoms with Crippen molar-refractivity contribution in [2.45, 2.75) is 39.5 Å². The summed E-state index contributed by atoms with van der Waals surface area (Å²) in [6.45, 7) is 7.71. The number of amides is 1. The summed E-state index contributed by atoms with van der Waals surface area (Å²) >= 11 is 0. The van der Waals surface area contributed by atoms with Crippen molar-refractivity contribution < 1.29 is 9.53 Å². The summed E-state index contributed by atoms with van der Waals surface area (Å²) in [6, 6.07) is 8.32. The standard InChI is InChI=1S/C17H25NO2/c1-17(2,3)16(19)18-11-9-14(10-12-18)13-5-7-15(20-4)8-6-13/h5-8,14H,9-12H2,1-4H3. The van der Waals surface area contributed by atoms with Gasteiger partial charge in [0, 0.05) is 18.5 Å². The zero-order valence-corrected chi connectivity index (χ0v) is 13.0. The summed E-state index contributed by atoms with van der Waals surface area (Å²) < 4.78 is 5.19. The van der Waals surface area contributed by atoms with Crippen molar-refractivity contribution in [1.29, 1.82) is 0 Å². The Bertz CT molecular complexity index is 451. The van der Waals surface area contributed by atoms with Crippen molar-refractivity contribution in [3.8, 4) is 5.75 Å². The third-order valence-corrected chi connectivity index (χ3v) is 4.01. The highest BCUT2D eigenvalue weighted by Gasteiger charge is 2.30. The smallest absolute Gasteiger partial charge is 0.227 e. The number of hydrogen-bond donors (Lipinski definition) is 0. The number of piperidine rings is 1. The molecule has 0 N–H and O–H groups in total. The van der Waals surface area contributed by atoms with E-state index in [0.29, 0.717) is 5.92 Å². The molecule has 1 heterocycles. The third-order valence-electron chi connectivity index (χ3n) is 4.01. The maximum atomic E-state index is 12.3. The lowest BCUT2D eigenvalue weighted by Crippen LogP contribution is -2.43. The van der Waals surface area contributed by atoms with E-state index in [1.54, 1.807) is 7.11 Å². The molecule has 0 saturated carbocycles. The van der Waals surface area contributed by atoms with Gasteiger partial charge < -0.3 is 9.64 Å². The highest BCUT2D eigenvalue weighted by Crippen LogP contribution is 2.30. The van der Waals surface area contributed by atoms with Gasteiger partial charge >= 0.3 is 0 Å². The van der Waals surface area contributed by atoms with Crippen LogP contribution in [0.5, 0.6) is 5.75 Å². The monoisotopic (exact) mass is 275 g/mol. The minimum Gasteiger partial charge on any atom is -0.497 e. The molecule has 1 aliphatic rings. The second-order valence-corrected chi connectivity index (χ2v) is 6.59. The molecule has 1 saturated heterocycles. The summed E-state index contributed by atoms with van der Waals surface area (Å²) in [5.41, 5.74) is 1.08. The van der Waals surface area contributed by atoms with Gasteiger partial charge in [-0.15, -0.1) is 0 Å². The number of hydrogen-bond acceptors (Lipinski definition) is 2. The fourth-order valence-electron chi connectivity index (χ4n) is 2.77. The Labute approximate surface area is 121 Å². The van der Waals surface area contributed by atoms with Crippen molar-refractivity contribution in [3.05, 3.63) is 29.8 Å². The van der Waals surface area contributed by atoms with E-state index in [9.17, 15) is 4.79 Å². The van der Waals surface area contributed by atoms with E-state index in [-0.39, 0.29) is 11.3 Å². The number of carbonyl (C=O) groups is 1. The first-order valence-electron chi connectivity index (χ1n) is 7.35. The second-order valence-electron chi connectivity index (χ2n) is 6.59.